The lowest BCUT2D eigenvalue weighted by molar-refractivity contribution is 0.110. The first kappa shape index (κ1) is 13.1. The average molecular weight is 270 g/mol. The topological polar surface area (TPSA) is 55.0 Å². The smallest absolute Gasteiger partial charge is 0.254 e. The van der Waals surface area contributed by atoms with Crippen molar-refractivity contribution < 1.29 is 4.74 Å². The number of H-pyrrole nitrogens is 1. The van der Waals surface area contributed by atoms with Crippen molar-refractivity contribution in [2.24, 2.45) is 0 Å². The van der Waals surface area contributed by atoms with Crippen molar-refractivity contribution in [2.75, 3.05) is 6.61 Å². The van der Waals surface area contributed by atoms with E-state index in [0.29, 0.717) is 17.8 Å². The molecule has 4 nitrogen and oxygen atoms in total. The summed E-state index contributed by atoms with van der Waals surface area (Å²) in [6.45, 7) is 2.62. The molecule has 1 aromatic carbocycles. The molecule has 0 amide bonds. The Morgan fingerprint density at radius 3 is 2.85 bits per heavy atom. The maximum Gasteiger partial charge on any atom is 0.254 e. The van der Waals surface area contributed by atoms with Gasteiger partial charge in [-0.25, -0.2) is 4.98 Å². The van der Waals surface area contributed by atoms with Crippen LogP contribution in [-0.2, 0) is 11.2 Å². The maximum atomic E-state index is 12.1. The van der Waals surface area contributed by atoms with Gasteiger partial charge in [0.25, 0.3) is 5.56 Å². The second-order valence-electron chi connectivity index (χ2n) is 5.19. The third-order valence-electron chi connectivity index (χ3n) is 3.69. The first-order valence-corrected chi connectivity index (χ1v) is 7.01. The molecule has 1 aromatic heterocycles. The normalized spacial score (nSPS) is 18.4. The highest BCUT2D eigenvalue weighted by Gasteiger charge is 2.18. The molecule has 0 aliphatic carbocycles. The molecule has 0 bridgehead atoms. The van der Waals surface area contributed by atoms with E-state index in [1.165, 1.54) is 0 Å². The zero-order valence-corrected chi connectivity index (χ0v) is 11.6. The molecule has 4 heteroatoms. The lowest BCUT2D eigenvalue weighted by Gasteiger charge is -2.11. The Morgan fingerprint density at radius 2 is 2.15 bits per heavy atom. The zero-order chi connectivity index (χ0) is 13.9. The van der Waals surface area contributed by atoms with Crippen LogP contribution in [0.5, 0.6) is 0 Å². The minimum absolute atomic E-state index is 0.0631. The minimum atomic E-state index is -0.0631. The molecule has 0 radical (unpaired) electrons. The van der Waals surface area contributed by atoms with Crippen molar-refractivity contribution in [3.63, 3.8) is 0 Å². The van der Waals surface area contributed by atoms with Crippen LogP contribution in [0.4, 0.5) is 0 Å². The van der Waals surface area contributed by atoms with Gasteiger partial charge in [0.15, 0.2) is 0 Å². The lowest BCUT2D eigenvalue weighted by atomic mass is 10.1. The standard InChI is InChI=1S/C16H18N2O2/c1-11-15(12-6-3-2-4-7-12)17-14(18-16(11)19)10-13-8-5-9-20-13/h2-4,6-7,13H,5,8-10H2,1H3,(H,17,18,19). The molecule has 1 N–H and O–H groups in total. The van der Waals surface area contributed by atoms with Crippen LogP contribution in [0.3, 0.4) is 0 Å². The largest absolute Gasteiger partial charge is 0.378 e. The van der Waals surface area contributed by atoms with Crippen LogP contribution in [0.15, 0.2) is 35.1 Å². The van der Waals surface area contributed by atoms with E-state index in [0.717, 1.165) is 30.7 Å². The molecule has 2 heterocycles. The number of hydrogen-bond donors (Lipinski definition) is 1. The summed E-state index contributed by atoms with van der Waals surface area (Å²) in [5.41, 5.74) is 2.34. The third-order valence-corrected chi connectivity index (χ3v) is 3.69. The number of benzene rings is 1. The van der Waals surface area contributed by atoms with Gasteiger partial charge < -0.3 is 9.72 Å². The molecule has 1 fully saturated rings. The summed E-state index contributed by atoms with van der Waals surface area (Å²) in [4.78, 5) is 19.6. The zero-order valence-electron chi connectivity index (χ0n) is 11.6. The minimum Gasteiger partial charge on any atom is -0.378 e. The monoisotopic (exact) mass is 270 g/mol. The Morgan fingerprint density at radius 1 is 1.35 bits per heavy atom. The van der Waals surface area contributed by atoms with E-state index in [1.807, 2.05) is 37.3 Å². The first-order valence-electron chi connectivity index (χ1n) is 7.01. The molecule has 20 heavy (non-hydrogen) atoms. The van der Waals surface area contributed by atoms with Gasteiger partial charge in [0.1, 0.15) is 5.82 Å². The summed E-state index contributed by atoms with van der Waals surface area (Å²) in [5.74, 6) is 0.714. The first-order chi connectivity index (χ1) is 9.74. The molecule has 0 spiro atoms. The van der Waals surface area contributed by atoms with E-state index in [9.17, 15) is 4.79 Å². The van der Waals surface area contributed by atoms with E-state index >= 15 is 0 Å². The molecule has 1 aliphatic heterocycles. The van der Waals surface area contributed by atoms with Crippen LogP contribution in [0.2, 0.25) is 0 Å². The van der Waals surface area contributed by atoms with Gasteiger partial charge in [-0.3, -0.25) is 4.79 Å². The molecule has 3 rings (SSSR count). The van der Waals surface area contributed by atoms with Crippen molar-refractivity contribution in [1.29, 1.82) is 0 Å². The average Bonchev–Trinajstić information content (AvgIpc) is 2.96. The highest BCUT2D eigenvalue weighted by atomic mass is 16.5. The van der Waals surface area contributed by atoms with Crippen LogP contribution < -0.4 is 5.56 Å². The van der Waals surface area contributed by atoms with Crippen molar-refractivity contribution in [3.8, 4) is 11.3 Å². The fraction of sp³-hybridized carbons (Fsp3) is 0.375. The van der Waals surface area contributed by atoms with Crippen molar-refractivity contribution in [2.45, 2.75) is 32.3 Å². The molecule has 1 unspecified atom stereocenters. The van der Waals surface area contributed by atoms with Crippen molar-refractivity contribution in [3.05, 3.63) is 52.1 Å². The van der Waals surface area contributed by atoms with E-state index in [2.05, 4.69) is 9.97 Å². The van der Waals surface area contributed by atoms with Gasteiger partial charge in [-0.1, -0.05) is 30.3 Å². The van der Waals surface area contributed by atoms with Crippen LogP contribution in [0, 0.1) is 6.92 Å². The molecule has 2 aromatic rings. The third kappa shape index (κ3) is 2.65. The summed E-state index contributed by atoms with van der Waals surface area (Å²) in [6, 6.07) is 9.82. The second-order valence-corrected chi connectivity index (χ2v) is 5.19. The summed E-state index contributed by atoms with van der Waals surface area (Å²) in [5, 5.41) is 0. The van der Waals surface area contributed by atoms with Gasteiger partial charge in [0.05, 0.1) is 11.8 Å². The van der Waals surface area contributed by atoms with Crippen molar-refractivity contribution in [1.82, 2.24) is 9.97 Å². The number of ether oxygens (including phenoxy) is 1. The number of hydrogen-bond acceptors (Lipinski definition) is 3. The summed E-state index contributed by atoms with van der Waals surface area (Å²) >= 11 is 0. The molecule has 0 saturated carbocycles. The predicted octanol–water partition coefficient (Wildman–Crippen LogP) is 2.47. The fourth-order valence-electron chi connectivity index (χ4n) is 2.57. The van der Waals surface area contributed by atoms with Crippen LogP contribution in [0.1, 0.15) is 24.2 Å². The highest BCUT2D eigenvalue weighted by Crippen LogP contribution is 2.20. The quantitative estimate of drug-likeness (QED) is 0.932. The highest BCUT2D eigenvalue weighted by molar-refractivity contribution is 5.62. The summed E-state index contributed by atoms with van der Waals surface area (Å²) in [6.07, 6.45) is 2.99. The van der Waals surface area contributed by atoms with Gasteiger partial charge >= 0.3 is 0 Å². The van der Waals surface area contributed by atoms with E-state index < -0.39 is 0 Å². The van der Waals surface area contributed by atoms with Gasteiger partial charge in [-0.2, -0.15) is 0 Å². The van der Waals surface area contributed by atoms with E-state index in [-0.39, 0.29) is 11.7 Å². The number of nitrogens with zero attached hydrogens (tertiary/aromatic N) is 1. The summed E-state index contributed by atoms with van der Waals surface area (Å²) in [7, 11) is 0. The van der Waals surface area contributed by atoms with Gasteiger partial charge in [-0.15, -0.1) is 0 Å². The second kappa shape index (κ2) is 5.59. The molecule has 104 valence electrons. The number of rotatable bonds is 3. The fourth-order valence-corrected chi connectivity index (χ4v) is 2.57. The van der Waals surface area contributed by atoms with Gasteiger partial charge in [0.2, 0.25) is 0 Å². The number of nitrogens with one attached hydrogen (secondary N) is 1. The number of aromatic nitrogens is 2. The molecular formula is C16H18N2O2. The van der Waals surface area contributed by atoms with Gasteiger partial charge in [-0.05, 0) is 19.8 Å². The maximum absolute atomic E-state index is 12.1. The Kier molecular flexibility index (Phi) is 3.65. The molecule has 1 aliphatic rings. The molecule has 1 atom stereocenters. The van der Waals surface area contributed by atoms with Crippen molar-refractivity contribution >= 4 is 0 Å². The number of aromatic amines is 1. The summed E-state index contributed by atoms with van der Waals surface area (Å²) < 4.78 is 5.61. The van der Waals surface area contributed by atoms with Crippen LogP contribution in [0.25, 0.3) is 11.3 Å². The molecular weight excluding hydrogens is 252 g/mol. The van der Waals surface area contributed by atoms with Crippen LogP contribution in [-0.4, -0.2) is 22.7 Å². The Balaban J connectivity index is 1.97. The van der Waals surface area contributed by atoms with Gasteiger partial charge in [0, 0.05) is 24.2 Å². The Bertz CT molecular complexity index is 643. The van der Waals surface area contributed by atoms with E-state index in [4.69, 9.17) is 4.74 Å². The van der Waals surface area contributed by atoms with E-state index in [1.54, 1.807) is 0 Å². The SMILES string of the molecule is Cc1c(-c2ccccc2)nc(CC2CCCO2)[nH]c1=O. The molecule has 1 saturated heterocycles. The lowest BCUT2D eigenvalue weighted by Crippen LogP contribution is -2.20. The Hall–Kier alpha value is -1.94. The van der Waals surface area contributed by atoms with Crippen LogP contribution >= 0.6 is 0 Å². The Labute approximate surface area is 117 Å². The predicted molar refractivity (Wildman–Crippen MR) is 77.7 cm³/mol.